The largest absolute Gasteiger partial charge is 0.309 e. The van der Waals surface area contributed by atoms with Crippen molar-refractivity contribution >= 4 is 81.3 Å². The summed E-state index contributed by atoms with van der Waals surface area (Å²) < 4.78 is 9.40. The zero-order chi connectivity index (χ0) is 35.3. The van der Waals surface area contributed by atoms with E-state index in [1.165, 1.54) is 15.5 Å². The normalized spacial score (nSPS) is 12.1. The van der Waals surface area contributed by atoms with Crippen molar-refractivity contribution < 1.29 is 0 Å². The Morgan fingerprint density at radius 1 is 0.481 bits per heavy atom. The first kappa shape index (κ1) is 29.5. The molecule has 0 atom stereocenters. The second-order valence-electron chi connectivity index (χ2n) is 13.6. The maximum atomic E-state index is 5.22. The number of hydrogen-bond donors (Lipinski definition) is 0. The summed E-state index contributed by atoms with van der Waals surface area (Å²) >= 11 is 1.76. The summed E-state index contributed by atoms with van der Waals surface area (Å²) in [5.41, 5.74) is 14.0. The van der Waals surface area contributed by atoms with Gasteiger partial charge in [-0.2, -0.15) is 0 Å². The molecule has 0 unspecified atom stereocenters. The Labute approximate surface area is 312 Å². The summed E-state index contributed by atoms with van der Waals surface area (Å²) in [6.45, 7) is 0. The van der Waals surface area contributed by atoms with Crippen LogP contribution in [0.4, 0.5) is 0 Å². The summed E-state index contributed by atoms with van der Waals surface area (Å²) in [7, 11) is 0. The SMILES string of the molecule is c1ccc(-n2c3ccc4c(c5ccccc5n4-c4ccccc4-c4ccccc4-c4ncnc5c4sc4ccccc45)c3n3c4ccccc4nc23)cc1. The second-order valence-corrected chi connectivity index (χ2v) is 14.7. The fraction of sp³-hybridized carbons (Fsp3) is 0. The Bertz CT molecular complexity index is 3460. The van der Waals surface area contributed by atoms with Crippen LogP contribution in [0.1, 0.15) is 0 Å². The van der Waals surface area contributed by atoms with Crippen LogP contribution >= 0.6 is 11.3 Å². The predicted octanol–water partition coefficient (Wildman–Crippen LogP) is 12.0. The minimum absolute atomic E-state index is 0.897. The fourth-order valence-electron chi connectivity index (χ4n) is 8.56. The molecular formula is C47H28N6S. The third-order valence-electron chi connectivity index (χ3n) is 10.8. The van der Waals surface area contributed by atoms with E-state index in [9.17, 15) is 0 Å². The second kappa shape index (κ2) is 11.2. The lowest BCUT2D eigenvalue weighted by Crippen LogP contribution is -1.99. The van der Waals surface area contributed by atoms with E-state index in [2.05, 4.69) is 177 Å². The lowest BCUT2D eigenvalue weighted by molar-refractivity contribution is 1.11. The molecule has 5 heterocycles. The van der Waals surface area contributed by atoms with Crippen LogP contribution in [0.3, 0.4) is 0 Å². The van der Waals surface area contributed by atoms with Gasteiger partial charge in [0.05, 0.1) is 54.7 Å². The van der Waals surface area contributed by atoms with Gasteiger partial charge < -0.3 is 4.57 Å². The molecule has 0 spiro atoms. The molecule has 0 saturated heterocycles. The molecule has 0 amide bonds. The lowest BCUT2D eigenvalue weighted by atomic mass is 9.95. The van der Waals surface area contributed by atoms with E-state index in [4.69, 9.17) is 15.0 Å². The first-order valence-electron chi connectivity index (χ1n) is 18.0. The summed E-state index contributed by atoms with van der Waals surface area (Å²) in [5.74, 6) is 0.897. The van der Waals surface area contributed by atoms with E-state index in [-0.39, 0.29) is 0 Å². The van der Waals surface area contributed by atoms with E-state index in [1.807, 2.05) is 0 Å². The Hall–Kier alpha value is -7.09. The quantitative estimate of drug-likeness (QED) is 0.183. The van der Waals surface area contributed by atoms with E-state index in [0.717, 1.165) is 88.2 Å². The molecule has 0 fully saturated rings. The number of hydrogen-bond acceptors (Lipinski definition) is 4. The summed E-state index contributed by atoms with van der Waals surface area (Å²) in [6, 6.07) is 58.2. The first-order chi connectivity index (χ1) is 26.8. The van der Waals surface area contributed by atoms with Crippen LogP contribution < -0.4 is 0 Å². The number of thiophene rings is 1. The predicted molar refractivity (Wildman–Crippen MR) is 223 cm³/mol. The van der Waals surface area contributed by atoms with Gasteiger partial charge in [-0.1, -0.05) is 109 Å². The maximum Gasteiger partial charge on any atom is 0.220 e. The molecule has 7 heteroatoms. The molecule has 0 saturated carbocycles. The van der Waals surface area contributed by atoms with Crippen molar-refractivity contribution in [3.05, 3.63) is 170 Å². The van der Waals surface area contributed by atoms with Crippen molar-refractivity contribution in [1.29, 1.82) is 0 Å². The number of benzene rings is 7. The Kier molecular flexibility index (Phi) is 6.12. The van der Waals surface area contributed by atoms with Crippen LogP contribution in [0.5, 0.6) is 0 Å². The van der Waals surface area contributed by atoms with Gasteiger partial charge in [-0.15, -0.1) is 11.3 Å². The minimum Gasteiger partial charge on any atom is -0.309 e. The van der Waals surface area contributed by atoms with Gasteiger partial charge in [0.15, 0.2) is 0 Å². The molecule has 0 bridgehead atoms. The van der Waals surface area contributed by atoms with E-state index >= 15 is 0 Å². The van der Waals surface area contributed by atoms with Crippen LogP contribution in [0.25, 0.3) is 104 Å². The van der Waals surface area contributed by atoms with Crippen molar-refractivity contribution in [2.75, 3.05) is 0 Å². The van der Waals surface area contributed by atoms with Gasteiger partial charge in [0.1, 0.15) is 6.33 Å². The van der Waals surface area contributed by atoms with Gasteiger partial charge in [0.2, 0.25) is 5.78 Å². The van der Waals surface area contributed by atoms with Crippen molar-refractivity contribution in [2.24, 2.45) is 0 Å². The van der Waals surface area contributed by atoms with Crippen LogP contribution in [0.15, 0.2) is 170 Å². The van der Waals surface area contributed by atoms with Gasteiger partial charge in [0.25, 0.3) is 0 Å². The average Bonchev–Trinajstić information content (AvgIpc) is 3.98. The van der Waals surface area contributed by atoms with Crippen molar-refractivity contribution in [3.63, 3.8) is 0 Å². The number of imidazole rings is 2. The summed E-state index contributed by atoms with van der Waals surface area (Å²) in [5, 5.41) is 3.54. The third-order valence-corrected chi connectivity index (χ3v) is 12.0. The van der Waals surface area contributed by atoms with Gasteiger partial charge in [-0.3, -0.25) is 8.97 Å². The fourth-order valence-corrected chi connectivity index (χ4v) is 9.72. The molecule has 0 radical (unpaired) electrons. The number of aromatic nitrogens is 6. The molecule has 5 aromatic heterocycles. The van der Waals surface area contributed by atoms with E-state index in [0.29, 0.717) is 0 Å². The molecule has 54 heavy (non-hydrogen) atoms. The molecule has 0 aliphatic carbocycles. The highest BCUT2D eigenvalue weighted by molar-refractivity contribution is 7.26. The number of fused-ring (bicyclic) bond motifs is 12. The summed E-state index contributed by atoms with van der Waals surface area (Å²) in [6.07, 6.45) is 1.71. The highest BCUT2D eigenvalue weighted by atomic mass is 32.1. The van der Waals surface area contributed by atoms with Gasteiger partial charge >= 0.3 is 0 Å². The van der Waals surface area contributed by atoms with Gasteiger partial charge in [0, 0.05) is 37.7 Å². The van der Waals surface area contributed by atoms with Crippen LogP contribution in [-0.2, 0) is 0 Å². The van der Waals surface area contributed by atoms with Crippen LogP contribution in [-0.4, -0.2) is 28.5 Å². The Balaban J connectivity index is 1.18. The highest BCUT2D eigenvalue weighted by Gasteiger charge is 2.25. The third kappa shape index (κ3) is 4.01. The zero-order valence-corrected chi connectivity index (χ0v) is 29.6. The lowest BCUT2D eigenvalue weighted by Gasteiger charge is -2.17. The van der Waals surface area contributed by atoms with Crippen molar-refractivity contribution in [2.45, 2.75) is 0 Å². The van der Waals surface area contributed by atoms with Gasteiger partial charge in [-0.25, -0.2) is 15.0 Å². The van der Waals surface area contributed by atoms with Crippen LogP contribution in [0.2, 0.25) is 0 Å². The molecular weight excluding hydrogens is 681 g/mol. The first-order valence-corrected chi connectivity index (χ1v) is 18.9. The molecule has 0 aliphatic heterocycles. The Morgan fingerprint density at radius 2 is 1.17 bits per heavy atom. The highest BCUT2D eigenvalue weighted by Crippen LogP contribution is 2.45. The number of rotatable bonds is 4. The van der Waals surface area contributed by atoms with Crippen molar-refractivity contribution in [3.8, 4) is 33.8 Å². The topological polar surface area (TPSA) is 52.9 Å². The number of para-hydroxylation sites is 5. The molecule has 252 valence electrons. The average molecular weight is 709 g/mol. The molecule has 12 aromatic rings. The maximum absolute atomic E-state index is 5.22. The van der Waals surface area contributed by atoms with E-state index in [1.54, 1.807) is 17.7 Å². The van der Waals surface area contributed by atoms with Crippen LogP contribution in [0, 0.1) is 0 Å². The minimum atomic E-state index is 0.897. The van der Waals surface area contributed by atoms with Gasteiger partial charge in [-0.05, 0) is 60.2 Å². The molecule has 7 aromatic carbocycles. The zero-order valence-electron chi connectivity index (χ0n) is 28.8. The number of nitrogens with zero attached hydrogens (tertiary/aromatic N) is 6. The smallest absolute Gasteiger partial charge is 0.220 e. The molecule has 12 rings (SSSR count). The molecule has 0 aliphatic rings. The Morgan fingerprint density at radius 3 is 2.06 bits per heavy atom. The summed E-state index contributed by atoms with van der Waals surface area (Å²) in [4.78, 5) is 14.9. The molecule has 6 nitrogen and oxygen atoms in total. The monoisotopic (exact) mass is 708 g/mol. The van der Waals surface area contributed by atoms with Crippen molar-refractivity contribution in [1.82, 2.24) is 28.5 Å². The standard InChI is InChI=1S/C47H28N6S/c1-2-14-29(15-3-1)51-40-27-26-39-42(45(40)53-38-24-12-9-21-35(38)50-47(51)53)33-19-7-11-23-37(33)52(39)36-22-10-6-17-31(36)30-16-4-5-18-32(30)43-46-44(49-28-48-43)34-20-8-13-25-41(34)54-46/h1-28H. The molecule has 0 N–H and O–H groups in total. The van der Waals surface area contributed by atoms with E-state index < -0.39 is 0 Å².